The van der Waals surface area contributed by atoms with Crippen molar-refractivity contribution in [2.75, 3.05) is 11.9 Å². The molecule has 2 N–H and O–H groups in total. The van der Waals surface area contributed by atoms with E-state index < -0.39 is 20.2 Å². The van der Waals surface area contributed by atoms with Gasteiger partial charge in [0.05, 0.1) is 12.2 Å². The summed E-state index contributed by atoms with van der Waals surface area (Å²) in [6.07, 6.45) is 2.64. The number of carbonyl (C=O) groups is 2. The fraction of sp³-hybridized carbons (Fsp3) is 0.385. The van der Waals surface area contributed by atoms with E-state index in [2.05, 4.69) is 49.3 Å². The van der Waals surface area contributed by atoms with Gasteiger partial charge in [-0.1, -0.05) is 20.8 Å². The molecule has 0 fully saturated rings. The molecule has 1 amide bonds. The molecular weight excluding hydrogens is 492 g/mol. The van der Waals surface area contributed by atoms with Crippen LogP contribution in [0.5, 0.6) is 17.4 Å². The highest BCUT2D eigenvalue weighted by atomic mass is 28.4. The number of ether oxygens (including phenoxy) is 2. The molecule has 0 radical (unpaired) electrons. The number of amides is 1. The summed E-state index contributed by atoms with van der Waals surface area (Å²) in [6.45, 7) is 13.2. The number of nitrogens with one attached hydrogen (secondary N) is 1. The number of nitrogens with zero attached hydrogens (tertiary/aromatic N) is 3. The molecule has 2 aromatic heterocycles. The van der Waals surface area contributed by atoms with E-state index in [0.29, 0.717) is 23.9 Å². The van der Waals surface area contributed by atoms with Crippen LogP contribution in [0.25, 0.3) is 0 Å². The number of pyridine rings is 1. The summed E-state index contributed by atoms with van der Waals surface area (Å²) < 4.78 is 19.8. The fourth-order valence-electron chi connectivity index (χ4n) is 3.00. The van der Waals surface area contributed by atoms with Gasteiger partial charge in [0, 0.05) is 43.2 Å². The Morgan fingerprint density at radius 3 is 2.38 bits per heavy atom. The van der Waals surface area contributed by atoms with Crippen molar-refractivity contribution in [1.29, 1.82) is 0 Å². The van der Waals surface area contributed by atoms with Gasteiger partial charge in [-0.15, -0.1) is 0 Å². The first-order chi connectivity index (χ1) is 17.2. The first-order valence-electron chi connectivity index (χ1n) is 11.9. The molecule has 0 aliphatic carbocycles. The molecule has 0 aliphatic rings. The van der Waals surface area contributed by atoms with Gasteiger partial charge in [0.25, 0.3) is 5.91 Å². The van der Waals surface area contributed by atoms with Gasteiger partial charge >= 0.3 is 5.97 Å². The van der Waals surface area contributed by atoms with Crippen molar-refractivity contribution < 1.29 is 28.6 Å². The maximum Gasteiger partial charge on any atom is 0.337 e. The summed E-state index contributed by atoms with van der Waals surface area (Å²) in [5, 5.41) is 16.1. The molecule has 3 rings (SSSR count). The fourth-order valence-corrected chi connectivity index (χ4v) is 4.08. The summed E-state index contributed by atoms with van der Waals surface area (Å²) in [4.78, 5) is 28.1. The van der Waals surface area contributed by atoms with Crippen LogP contribution in [0.3, 0.4) is 0 Å². The smallest absolute Gasteiger partial charge is 0.337 e. The lowest BCUT2D eigenvalue weighted by molar-refractivity contribution is 0.0696. The van der Waals surface area contributed by atoms with E-state index in [1.165, 1.54) is 18.3 Å². The van der Waals surface area contributed by atoms with Gasteiger partial charge in [-0.25, -0.2) is 9.78 Å². The molecule has 0 saturated heterocycles. The number of carboxylic acids is 1. The van der Waals surface area contributed by atoms with Gasteiger partial charge in [-0.2, -0.15) is 5.10 Å². The first kappa shape index (κ1) is 27.9. The number of hydrogen-bond acceptors (Lipinski definition) is 7. The summed E-state index contributed by atoms with van der Waals surface area (Å²) in [6, 6.07) is 9.33. The largest absolute Gasteiger partial charge is 0.488 e. The molecule has 3 aromatic rings. The molecule has 10 nitrogen and oxygen atoms in total. The third kappa shape index (κ3) is 7.64. The van der Waals surface area contributed by atoms with Gasteiger partial charge < -0.3 is 24.3 Å². The summed E-state index contributed by atoms with van der Waals surface area (Å²) in [7, 11) is -0.202. The van der Waals surface area contributed by atoms with Crippen molar-refractivity contribution in [1.82, 2.24) is 14.8 Å². The number of carbonyl (C=O) groups excluding carboxylic acids is 1. The van der Waals surface area contributed by atoms with Gasteiger partial charge in [0.15, 0.2) is 14.1 Å². The lowest BCUT2D eigenvalue weighted by atomic mass is 10.2. The predicted octanol–water partition coefficient (Wildman–Crippen LogP) is 5.35. The Bertz CT molecular complexity index is 1250. The molecule has 11 heteroatoms. The SMILES string of the molecule is CC(CO[Si](C)(C)C(C)(C)C)Oc1cc(Oc2ccc(C(=O)O)cn2)cc(C(=O)Nc2ccn(C)n2)c1. The molecule has 37 heavy (non-hydrogen) atoms. The van der Waals surface area contributed by atoms with Crippen LogP contribution in [-0.4, -0.2) is 52.8 Å². The zero-order valence-corrected chi connectivity index (χ0v) is 23.2. The Morgan fingerprint density at radius 2 is 1.81 bits per heavy atom. The lowest BCUT2D eigenvalue weighted by Gasteiger charge is -2.36. The molecular formula is C26H34N4O6Si. The number of aryl methyl sites for hydroxylation is 1. The second kappa shape index (κ2) is 11.1. The summed E-state index contributed by atoms with van der Waals surface area (Å²) >= 11 is 0. The third-order valence-corrected chi connectivity index (χ3v) is 10.6. The Kier molecular flexibility index (Phi) is 8.39. The number of aromatic carboxylic acids is 1. The van der Waals surface area contributed by atoms with Crippen LogP contribution in [0.15, 0.2) is 48.8 Å². The van der Waals surface area contributed by atoms with E-state index in [0.717, 1.165) is 0 Å². The quantitative estimate of drug-likeness (QED) is 0.339. The molecule has 198 valence electrons. The molecule has 2 heterocycles. The van der Waals surface area contributed by atoms with Gasteiger partial charge in [0.2, 0.25) is 5.88 Å². The monoisotopic (exact) mass is 526 g/mol. The predicted molar refractivity (Wildman–Crippen MR) is 142 cm³/mol. The number of anilines is 1. The molecule has 1 aromatic carbocycles. The van der Waals surface area contributed by atoms with Crippen molar-refractivity contribution in [3.8, 4) is 17.4 Å². The van der Waals surface area contributed by atoms with Gasteiger partial charge in [-0.3, -0.25) is 9.48 Å². The van der Waals surface area contributed by atoms with Crippen LogP contribution in [0.2, 0.25) is 18.1 Å². The second-order valence-corrected chi connectivity index (χ2v) is 15.1. The molecule has 0 saturated carbocycles. The van der Waals surface area contributed by atoms with E-state index in [1.54, 1.807) is 42.2 Å². The van der Waals surface area contributed by atoms with Gasteiger partial charge in [-0.05, 0) is 43.3 Å². The highest BCUT2D eigenvalue weighted by Gasteiger charge is 2.37. The summed E-state index contributed by atoms with van der Waals surface area (Å²) in [5.41, 5.74) is 0.327. The number of rotatable bonds is 10. The Hall–Kier alpha value is -3.70. The van der Waals surface area contributed by atoms with Crippen molar-refractivity contribution in [3.63, 3.8) is 0 Å². The van der Waals surface area contributed by atoms with E-state index in [4.69, 9.17) is 19.0 Å². The average Bonchev–Trinajstić information content (AvgIpc) is 3.21. The maximum absolute atomic E-state index is 13.0. The Balaban J connectivity index is 1.82. The topological polar surface area (TPSA) is 125 Å². The number of benzene rings is 1. The number of carboxylic acid groups (broad SMARTS) is 1. The molecule has 0 spiro atoms. The van der Waals surface area contributed by atoms with Crippen LogP contribution in [0.4, 0.5) is 5.82 Å². The van der Waals surface area contributed by atoms with Gasteiger partial charge in [0.1, 0.15) is 17.6 Å². The van der Waals surface area contributed by atoms with E-state index in [9.17, 15) is 9.59 Å². The van der Waals surface area contributed by atoms with E-state index >= 15 is 0 Å². The molecule has 0 aliphatic heterocycles. The van der Waals surface area contributed by atoms with Crippen LogP contribution < -0.4 is 14.8 Å². The van der Waals surface area contributed by atoms with Crippen molar-refractivity contribution in [2.24, 2.45) is 7.05 Å². The number of hydrogen-bond donors (Lipinski definition) is 2. The lowest BCUT2D eigenvalue weighted by Crippen LogP contribution is -2.43. The minimum atomic E-state index is -1.96. The molecule has 1 unspecified atom stereocenters. The summed E-state index contributed by atoms with van der Waals surface area (Å²) in [5.74, 6) is -0.185. The zero-order chi connectivity index (χ0) is 27.4. The highest BCUT2D eigenvalue weighted by Crippen LogP contribution is 2.36. The third-order valence-electron chi connectivity index (χ3n) is 6.13. The Morgan fingerprint density at radius 1 is 1.11 bits per heavy atom. The standard InChI is InChI=1S/C26H34N4O6Si/c1-17(16-34-37(6,7)26(2,3)4)35-20-12-19(24(31)28-22-10-11-30(5)29-22)13-21(14-20)36-23-9-8-18(15-27-23)25(32)33/h8-15,17H,16H2,1-7H3,(H,32,33)(H,28,29,31). The Labute approximate surface area is 217 Å². The molecule has 0 bridgehead atoms. The van der Waals surface area contributed by atoms with E-state index in [-0.39, 0.29) is 28.1 Å². The first-order valence-corrected chi connectivity index (χ1v) is 14.8. The zero-order valence-electron chi connectivity index (χ0n) is 22.2. The van der Waals surface area contributed by atoms with Crippen LogP contribution in [0.1, 0.15) is 48.4 Å². The van der Waals surface area contributed by atoms with Crippen molar-refractivity contribution in [3.05, 3.63) is 59.9 Å². The maximum atomic E-state index is 13.0. The normalized spacial score (nSPS) is 12.6. The minimum absolute atomic E-state index is 0.0374. The highest BCUT2D eigenvalue weighted by molar-refractivity contribution is 6.74. The minimum Gasteiger partial charge on any atom is -0.488 e. The molecule has 1 atom stereocenters. The van der Waals surface area contributed by atoms with Crippen LogP contribution >= 0.6 is 0 Å². The van der Waals surface area contributed by atoms with Crippen LogP contribution in [0, 0.1) is 0 Å². The van der Waals surface area contributed by atoms with Crippen molar-refractivity contribution in [2.45, 2.75) is 51.9 Å². The number of aromatic nitrogens is 3. The van der Waals surface area contributed by atoms with Crippen molar-refractivity contribution >= 4 is 26.0 Å². The van der Waals surface area contributed by atoms with E-state index in [1.807, 2.05) is 6.92 Å². The van der Waals surface area contributed by atoms with Crippen LogP contribution in [-0.2, 0) is 11.5 Å². The average molecular weight is 527 g/mol. The second-order valence-electron chi connectivity index (χ2n) is 10.3.